The lowest BCUT2D eigenvalue weighted by atomic mass is 9.99. The third-order valence-corrected chi connectivity index (χ3v) is 4.04. The van der Waals surface area contributed by atoms with Crippen molar-refractivity contribution in [3.8, 4) is 0 Å². The average Bonchev–Trinajstić information content (AvgIpc) is 2.86. The molecule has 0 aromatic heterocycles. The van der Waals surface area contributed by atoms with Crippen molar-refractivity contribution in [1.82, 2.24) is 0 Å². The second-order valence-electron chi connectivity index (χ2n) is 5.69. The number of nitrogens with one attached hydrogen (secondary N) is 2. The van der Waals surface area contributed by atoms with Gasteiger partial charge in [0.25, 0.3) is 0 Å². The summed E-state index contributed by atoms with van der Waals surface area (Å²) in [6.07, 6.45) is 5.43. The van der Waals surface area contributed by atoms with E-state index in [4.69, 9.17) is 0 Å². The van der Waals surface area contributed by atoms with Crippen molar-refractivity contribution < 1.29 is 4.79 Å². The molecule has 0 saturated heterocycles. The van der Waals surface area contributed by atoms with Gasteiger partial charge in [0.1, 0.15) is 0 Å². The molecule has 1 aromatic rings. The Morgan fingerprint density at radius 2 is 2.00 bits per heavy atom. The van der Waals surface area contributed by atoms with E-state index >= 15 is 0 Å². The van der Waals surface area contributed by atoms with Crippen molar-refractivity contribution in [3.63, 3.8) is 0 Å². The highest BCUT2D eigenvalue weighted by atomic mass is 16.1. The Morgan fingerprint density at radius 3 is 2.58 bits per heavy atom. The minimum Gasteiger partial charge on any atom is -0.382 e. The number of anilines is 2. The number of hydrogen-bond donors (Lipinski definition) is 2. The lowest BCUT2D eigenvalue weighted by Crippen LogP contribution is -2.23. The molecule has 1 fully saturated rings. The molecule has 1 amide bonds. The van der Waals surface area contributed by atoms with Gasteiger partial charge in [-0.2, -0.15) is 0 Å². The third kappa shape index (κ3) is 3.72. The van der Waals surface area contributed by atoms with Gasteiger partial charge in [-0.05, 0) is 56.4 Å². The molecule has 104 valence electrons. The summed E-state index contributed by atoms with van der Waals surface area (Å²) in [4.78, 5) is 11.1. The molecule has 1 saturated carbocycles. The molecule has 1 aliphatic carbocycles. The summed E-state index contributed by atoms with van der Waals surface area (Å²) in [6.45, 7) is 5.83. The fourth-order valence-corrected chi connectivity index (χ4v) is 2.92. The zero-order chi connectivity index (χ0) is 13.8. The Hall–Kier alpha value is -1.51. The largest absolute Gasteiger partial charge is 0.382 e. The molecule has 3 heteroatoms. The molecule has 0 aliphatic heterocycles. The number of benzene rings is 1. The van der Waals surface area contributed by atoms with Gasteiger partial charge in [0.05, 0.1) is 0 Å². The highest BCUT2D eigenvalue weighted by Gasteiger charge is 2.21. The molecule has 0 spiro atoms. The summed E-state index contributed by atoms with van der Waals surface area (Å²) in [5, 5.41) is 6.43. The minimum absolute atomic E-state index is 0.0249. The van der Waals surface area contributed by atoms with E-state index in [1.54, 1.807) is 0 Å². The van der Waals surface area contributed by atoms with Gasteiger partial charge in [0, 0.05) is 24.3 Å². The quantitative estimate of drug-likeness (QED) is 0.860. The summed E-state index contributed by atoms with van der Waals surface area (Å²) < 4.78 is 0. The Morgan fingerprint density at radius 1 is 1.32 bits per heavy atom. The van der Waals surface area contributed by atoms with Crippen molar-refractivity contribution in [2.75, 3.05) is 10.6 Å². The van der Waals surface area contributed by atoms with E-state index in [-0.39, 0.29) is 5.91 Å². The predicted octanol–water partition coefficient (Wildman–Crippen LogP) is 3.94. The average molecular weight is 260 g/mol. The smallest absolute Gasteiger partial charge is 0.221 e. The summed E-state index contributed by atoms with van der Waals surface area (Å²) in [5.41, 5.74) is 3.14. The van der Waals surface area contributed by atoms with Crippen LogP contribution in [0.1, 0.15) is 45.1 Å². The van der Waals surface area contributed by atoms with Gasteiger partial charge in [0.15, 0.2) is 0 Å². The molecule has 0 radical (unpaired) electrons. The lowest BCUT2D eigenvalue weighted by Gasteiger charge is -2.22. The first-order valence-corrected chi connectivity index (χ1v) is 7.21. The van der Waals surface area contributed by atoms with Crippen LogP contribution in [0.2, 0.25) is 0 Å². The van der Waals surface area contributed by atoms with Crippen LogP contribution in [-0.4, -0.2) is 11.9 Å². The second kappa shape index (κ2) is 6.09. The molecule has 2 N–H and O–H groups in total. The van der Waals surface area contributed by atoms with Crippen LogP contribution >= 0.6 is 0 Å². The zero-order valence-corrected chi connectivity index (χ0v) is 12.1. The Kier molecular flexibility index (Phi) is 4.46. The lowest BCUT2D eigenvalue weighted by molar-refractivity contribution is -0.114. The van der Waals surface area contributed by atoms with E-state index in [1.807, 2.05) is 19.1 Å². The maximum atomic E-state index is 11.1. The molecule has 3 nitrogen and oxygen atoms in total. The molecule has 1 aliphatic rings. The van der Waals surface area contributed by atoms with Gasteiger partial charge >= 0.3 is 0 Å². The summed E-state index contributed by atoms with van der Waals surface area (Å²) >= 11 is 0. The van der Waals surface area contributed by atoms with E-state index in [0.29, 0.717) is 6.04 Å². The number of carbonyl (C=O) groups is 1. The van der Waals surface area contributed by atoms with Crippen LogP contribution < -0.4 is 10.6 Å². The first kappa shape index (κ1) is 13.9. The Balaban J connectivity index is 2.00. The highest BCUT2D eigenvalue weighted by molar-refractivity contribution is 5.89. The van der Waals surface area contributed by atoms with Gasteiger partial charge < -0.3 is 10.6 Å². The van der Waals surface area contributed by atoms with Crippen LogP contribution in [0.4, 0.5) is 11.4 Å². The van der Waals surface area contributed by atoms with E-state index in [9.17, 15) is 4.79 Å². The van der Waals surface area contributed by atoms with Gasteiger partial charge in [-0.15, -0.1) is 0 Å². The van der Waals surface area contributed by atoms with Crippen LogP contribution in [0.25, 0.3) is 0 Å². The second-order valence-corrected chi connectivity index (χ2v) is 5.69. The van der Waals surface area contributed by atoms with E-state index in [2.05, 4.69) is 23.6 Å². The number of rotatable bonds is 4. The van der Waals surface area contributed by atoms with Crippen LogP contribution in [0.5, 0.6) is 0 Å². The third-order valence-electron chi connectivity index (χ3n) is 4.04. The normalized spacial score (nSPS) is 17.2. The first-order chi connectivity index (χ1) is 9.06. The minimum atomic E-state index is -0.0249. The van der Waals surface area contributed by atoms with E-state index in [1.165, 1.54) is 32.6 Å². The van der Waals surface area contributed by atoms with Gasteiger partial charge in [-0.3, -0.25) is 4.79 Å². The van der Waals surface area contributed by atoms with Crippen LogP contribution in [0.15, 0.2) is 18.2 Å². The predicted molar refractivity (Wildman–Crippen MR) is 80.5 cm³/mol. The van der Waals surface area contributed by atoms with Gasteiger partial charge in [-0.25, -0.2) is 0 Å². The maximum absolute atomic E-state index is 11.1. The molecule has 2 rings (SSSR count). The summed E-state index contributed by atoms with van der Waals surface area (Å²) in [7, 11) is 0. The van der Waals surface area contributed by atoms with Crippen molar-refractivity contribution in [1.29, 1.82) is 0 Å². The van der Waals surface area contributed by atoms with Crippen molar-refractivity contribution in [2.45, 2.75) is 52.5 Å². The highest BCUT2D eigenvalue weighted by Crippen LogP contribution is 2.30. The van der Waals surface area contributed by atoms with Crippen LogP contribution in [0, 0.1) is 12.8 Å². The van der Waals surface area contributed by atoms with Crippen molar-refractivity contribution in [2.24, 2.45) is 5.92 Å². The molecular weight excluding hydrogens is 236 g/mol. The van der Waals surface area contributed by atoms with E-state index < -0.39 is 0 Å². The molecule has 19 heavy (non-hydrogen) atoms. The molecule has 0 bridgehead atoms. The fraction of sp³-hybridized carbons (Fsp3) is 0.562. The number of hydrogen-bond acceptors (Lipinski definition) is 2. The number of amides is 1. The van der Waals surface area contributed by atoms with Crippen molar-refractivity contribution >= 4 is 17.3 Å². The summed E-state index contributed by atoms with van der Waals surface area (Å²) in [5.74, 6) is 0.776. The Bertz CT molecular complexity index is 450. The van der Waals surface area contributed by atoms with Crippen LogP contribution in [0.3, 0.4) is 0 Å². The molecule has 1 unspecified atom stereocenters. The Labute approximate surface area is 115 Å². The van der Waals surface area contributed by atoms with Crippen LogP contribution in [-0.2, 0) is 4.79 Å². The standard InChI is InChI=1S/C16H24N2O/c1-11-10-15(8-9-16(11)18-13(3)19)17-12(2)14-6-4-5-7-14/h8-10,12,14,17H,4-7H2,1-3H3,(H,18,19). The molecule has 0 heterocycles. The summed E-state index contributed by atoms with van der Waals surface area (Å²) in [6, 6.07) is 6.65. The van der Waals surface area contributed by atoms with Crippen molar-refractivity contribution in [3.05, 3.63) is 23.8 Å². The van der Waals surface area contributed by atoms with E-state index in [0.717, 1.165) is 22.9 Å². The molecule has 1 aromatic carbocycles. The first-order valence-electron chi connectivity index (χ1n) is 7.21. The monoisotopic (exact) mass is 260 g/mol. The zero-order valence-electron chi connectivity index (χ0n) is 12.1. The van der Waals surface area contributed by atoms with Gasteiger partial charge in [0.2, 0.25) is 5.91 Å². The maximum Gasteiger partial charge on any atom is 0.221 e. The number of carbonyl (C=O) groups excluding carboxylic acids is 1. The SMILES string of the molecule is CC(=O)Nc1ccc(NC(C)C2CCCC2)cc1C. The molecular formula is C16H24N2O. The topological polar surface area (TPSA) is 41.1 Å². The number of aryl methyl sites for hydroxylation is 1. The molecule has 1 atom stereocenters. The fourth-order valence-electron chi connectivity index (χ4n) is 2.92. The van der Waals surface area contributed by atoms with Gasteiger partial charge in [-0.1, -0.05) is 12.8 Å².